The Labute approximate surface area is 146 Å². The highest BCUT2D eigenvalue weighted by Crippen LogP contribution is 2.19. The van der Waals surface area contributed by atoms with Crippen molar-refractivity contribution in [3.8, 4) is 5.75 Å². The first-order chi connectivity index (χ1) is 11.7. The largest absolute Gasteiger partial charge is 0.494 e. The Bertz CT molecular complexity index is 510. The fourth-order valence-electron chi connectivity index (χ4n) is 2.94. The molecule has 1 saturated heterocycles. The Morgan fingerprint density at radius 2 is 1.96 bits per heavy atom. The number of benzene rings is 1. The maximum atomic E-state index is 5.68. The minimum absolute atomic E-state index is 0.624. The molecular formula is C19H32N4O. The molecule has 0 bridgehead atoms. The van der Waals surface area contributed by atoms with E-state index in [9.17, 15) is 0 Å². The maximum Gasteiger partial charge on any atom is 0.191 e. The second-order valence-electron chi connectivity index (χ2n) is 6.36. The third-order valence-corrected chi connectivity index (χ3v) is 4.42. The van der Waals surface area contributed by atoms with Gasteiger partial charge < -0.3 is 20.3 Å². The summed E-state index contributed by atoms with van der Waals surface area (Å²) in [6, 6.07) is 8.12. The lowest BCUT2D eigenvalue weighted by atomic mass is 9.97. The van der Waals surface area contributed by atoms with Gasteiger partial charge in [-0.3, -0.25) is 0 Å². The van der Waals surface area contributed by atoms with Crippen LogP contribution in [0.15, 0.2) is 29.3 Å². The van der Waals surface area contributed by atoms with Crippen LogP contribution in [0.25, 0.3) is 0 Å². The fraction of sp³-hybridized carbons (Fsp3) is 0.632. The Hall–Kier alpha value is -1.75. The van der Waals surface area contributed by atoms with E-state index in [2.05, 4.69) is 35.6 Å². The van der Waals surface area contributed by atoms with Gasteiger partial charge in [0, 0.05) is 18.7 Å². The molecule has 0 atom stereocenters. The summed E-state index contributed by atoms with van der Waals surface area (Å²) < 4.78 is 5.68. The maximum absolute atomic E-state index is 5.68. The van der Waals surface area contributed by atoms with Crippen molar-refractivity contribution >= 4 is 5.96 Å². The van der Waals surface area contributed by atoms with Crippen molar-refractivity contribution in [2.24, 2.45) is 10.9 Å². The van der Waals surface area contributed by atoms with Crippen molar-refractivity contribution in [2.75, 3.05) is 39.8 Å². The molecule has 1 aromatic rings. The monoisotopic (exact) mass is 332 g/mol. The second kappa shape index (κ2) is 10.2. The molecule has 24 heavy (non-hydrogen) atoms. The van der Waals surface area contributed by atoms with Crippen molar-refractivity contribution in [1.29, 1.82) is 0 Å². The van der Waals surface area contributed by atoms with E-state index in [0.29, 0.717) is 13.2 Å². The van der Waals surface area contributed by atoms with Crippen molar-refractivity contribution in [3.05, 3.63) is 29.8 Å². The molecule has 1 aliphatic heterocycles. The van der Waals surface area contributed by atoms with Crippen molar-refractivity contribution in [1.82, 2.24) is 15.5 Å². The Morgan fingerprint density at radius 1 is 1.21 bits per heavy atom. The predicted octanol–water partition coefficient (Wildman–Crippen LogP) is 2.48. The van der Waals surface area contributed by atoms with Crippen molar-refractivity contribution in [2.45, 2.75) is 33.2 Å². The second-order valence-corrected chi connectivity index (χ2v) is 6.36. The van der Waals surface area contributed by atoms with E-state index in [1.807, 2.05) is 25.1 Å². The molecule has 1 aliphatic rings. The number of guanidine groups is 1. The smallest absolute Gasteiger partial charge is 0.191 e. The van der Waals surface area contributed by atoms with Gasteiger partial charge in [-0.25, -0.2) is 4.99 Å². The van der Waals surface area contributed by atoms with Crippen molar-refractivity contribution < 1.29 is 4.74 Å². The predicted molar refractivity (Wildman–Crippen MR) is 101 cm³/mol. The van der Waals surface area contributed by atoms with E-state index in [-0.39, 0.29) is 0 Å². The number of hydrogen-bond donors (Lipinski definition) is 2. The van der Waals surface area contributed by atoms with E-state index in [4.69, 9.17) is 9.73 Å². The van der Waals surface area contributed by atoms with Crippen molar-refractivity contribution in [3.63, 3.8) is 0 Å². The molecule has 0 saturated carbocycles. The van der Waals surface area contributed by atoms with E-state index in [1.165, 1.54) is 25.9 Å². The zero-order valence-corrected chi connectivity index (χ0v) is 15.3. The quantitative estimate of drug-likeness (QED) is 0.595. The Kier molecular flexibility index (Phi) is 7.89. The number of likely N-dealkylation sites (tertiary alicyclic amines) is 1. The summed E-state index contributed by atoms with van der Waals surface area (Å²) in [4.78, 5) is 7.13. The average Bonchev–Trinajstić information content (AvgIpc) is 2.60. The summed E-state index contributed by atoms with van der Waals surface area (Å²) >= 11 is 0. The van der Waals surface area contributed by atoms with Crippen LogP contribution in [0.3, 0.4) is 0 Å². The van der Waals surface area contributed by atoms with Gasteiger partial charge in [0.1, 0.15) is 5.75 Å². The molecule has 0 amide bonds. The Balaban J connectivity index is 1.90. The molecule has 0 unspecified atom stereocenters. The van der Waals surface area contributed by atoms with E-state index in [1.54, 1.807) is 0 Å². The van der Waals surface area contributed by atoms with Gasteiger partial charge >= 0.3 is 0 Å². The molecule has 1 aromatic carbocycles. The third-order valence-electron chi connectivity index (χ3n) is 4.42. The number of nitrogens with one attached hydrogen (secondary N) is 2. The van der Waals surface area contributed by atoms with Crippen LogP contribution < -0.4 is 15.4 Å². The third kappa shape index (κ3) is 6.04. The van der Waals surface area contributed by atoms with E-state index in [0.717, 1.165) is 36.3 Å². The molecule has 134 valence electrons. The SMILES string of the molecule is CCNC(=NCc1ccccc1OCC)NCC1CCN(C)CC1. The van der Waals surface area contributed by atoms with Crippen LogP contribution in [0, 0.1) is 5.92 Å². The van der Waals surface area contributed by atoms with Crippen LogP contribution in [0.1, 0.15) is 32.3 Å². The van der Waals surface area contributed by atoms with Gasteiger partial charge in [-0.05, 0) is 58.8 Å². The molecule has 0 aromatic heterocycles. The zero-order chi connectivity index (χ0) is 17.2. The molecule has 1 fully saturated rings. The van der Waals surface area contributed by atoms with Gasteiger partial charge in [-0.15, -0.1) is 0 Å². The lowest BCUT2D eigenvalue weighted by Gasteiger charge is -2.29. The lowest BCUT2D eigenvalue weighted by Crippen LogP contribution is -2.42. The molecule has 2 N–H and O–H groups in total. The zero-order valence-electron chi connectivity index (χ0n) is 15.3. The number of nitrogens with zero attached hydrogens (tertiary/aromatic N) is 2. The van der Waals surface area contributed by atoms with Gasteiger partial charge in [0.2, 0.25) is 0 Å². The number of rotatable bonds is 7. The molecular weight excluding hydrogens is 300 g/mol. The number of piperidine rings is 1. The highest BCUT2D eigenvalue weighted by atomic mass is 16.5. The van der Waals surface area contributed by atoms with Gasteiger partial charge in [0.25, 0.3) is 0 Å². The van der Waals surface area contributed by atoms with Crippen LogP contribution >= 0.6 is 0 Å². The molecule has 0 aliphatic carbocycles. The number of para-hydroxylation sites is 1. The first-order valence-electron chi connectivity index (χ1n) is 9.14. The van der Waals surface area contributed by atoms with Crippen LogP contribution in [-0.4, -0.2) is 50.7 Å². The molecule has 5 nitrogen and oxygen atoms in total. The van der Waals surface area contributed by atoms with Crippen LogP contribution in [-0.2, 0) is 6.54 Å². The van der Waals surface area contributed by atoms with E-state index < -0.39 is 0 Å². The van der Waals surface area contributed by atoms with E-state index >= 15 is 0 Å². The summed E-state index contributed by atoms with van der Waals surface area (Å²) in [7, 11) is 2.20. The molecule has 0 spiro atoms. The summed E-state index contributed by atoms with van der Waals surface area (Å²) in [6.45, 7) is 9.66. The number of ether oxygens (including phenoxy) is 1. The summed E-state index contributed by atoms with van der Waals surface area (Å²) in [5.74, 6) is 2.55. The van der Waals surface area contributed by atoms with Gasteiger partial charge in [0.05, 0.1) is 13.2 Å². The minimum atomic E-state index is 0.624. The average molecular weight is 332 g/mol. The first kappa shape index (κ1) is 18.6. The summed E-state index contributed by atoms with van der Waals surface area (Å²) in [5.41, 5.74) is 1.12. The topological polar surface area (TPSA) is 48.9 Å². The summed E-state index contributed by atoms with van der Waals surface area (Å²) in [5, 5.41) is 6.85. The first-order valence-corrected chi connectivity index (χ1v) is 9.14. The number of hydrogen-bond acceptors (Lipinski definition) is 3. The Morgan fingerprint density at radius 3 is 2.67 bits per heavy atom. The number of aliphatic imine (C=N–C) groups is 1. The normalized spacial score (nSPS) is 16.9. The molecule has 2 rings (SSSR count). The standard InChI is InChI=1S/C19H32N4O/c1-4-20-19(21-14-16-10-12-23(3)13-11-16)22-15-17-8-6-7-9-18(17)24-5-2/h6-9,16H,4-5,10-15H2,1-3H3,(H2,20,21,22). The minimum Gasteiger partial charge on any atom is -0.494 e. The van der Waals surface area contributed by atoms with Crippen LogP contribution in [0.5, 0.6) is 5.75 Å². The summed E-state index contributed by atoms with van der Waals surface area (Å²) in [6.07, 6.45) is 2.52. The molecule has 5 heteroatoms. The lowest BCUT2D eigenvalue weighted by molar-refractivity contribution is 0.220. The molecule has 1 heterocycles. The highest BCUT2D eigenvalue weighted by Gasteiger charge is 2.16. The van der Waals surface area contributed by atoms with Gasteiger partial charge in [-0.1, -0.05) is 18.2 Å². The fourth-order valence-corrected chi connectivity index (χ4v) is 2.94. The van der Waals surface area contributed by atoms with Gasteiger partial charge in [0.15, 0.2) is 5.96 Å². The van der Waals surface area contributed by atoms with Crippen LogP contribution in [0.4, 0.5) is 0 Å². The van der Waals surface area contributed by atoms with Crippen LogP contribution in [0.2, 0.25) is 0 Å². The van der Waals surface area contributed by atoms with Gasteiger partial charge in [-0.2, -0.15) is 0 Å². The highest BCUT2D eigenvalue weighted by molar-refractivity contribution is 5.79. The molecule has 0 radical (unpaired) electrons.